The number of aromatic nitrogens is 3. The predicted octanol–water partition coefficient (Wildman–Crippen LogP) is -0.395. The highest BCUT2D eigenvalue weighted by atomic mass is 16.2. The van der Waals surface area contributed by atoms with E-state index in [4.69, 9.17) is 5.73 Å². The SMILES string of the molecule is CC1CCN(C(=O)Cn2cc(CN)nn2)C1. The lowest BCUT2D eigenvalue weighted by Gasteiger charge is -2.15. The normalized spacial score (nSPS) is 20.4. The van der Waals surface area contributed by atoms with Crippen molar-refractivity contribution in [3.63, 3.8) is 0 Å². The van der Waals surface area contributed by atoms with Gasteiger partial charge in [-0.25, -0.2) is 4.68 Å². The van der Waals surface area contributed by atoms with E-state index >= 15 is 0 Å². The van der Waals surface area contributed by atoms with Crippen LogP contribution in [-0.4, -0.2) is 38.9 Å². The summed E-state index contributed by atoms with van der Waals surface area (Å²) in [5.74, 6) is 0.720. The smallest absolute Gasteiger partial charge is 0.244 e. The molecule has 0 saturated carbocycles. The van der Waals surface area contributed by atoms with Gasteiger partial charge in [0.1, 0.15) is 6.54 Å². The third-order valence-electron chi connectivity index (χ3n) is 2.87. The highest BCUT2D eigenvalue weighted by Crippen LogP contribution is 2.15. The number of hydrogen-bond acceptors (Lipinski definition) is 4. The van der Waals surface area contributed by atoms with Crippen LogP contribution < -0.4 is 5.73 Å². The first-order valence-electron chi connectivity index (χ1n) is 5.56. The van der Waals surface area contributed by atoms with Crippen molar-refractivity contribution in [1.82, 2.24) is 19.9 Å². The van der Waals surface area contributed by atoms with Crippen LogP contribution in [-0.2, 0) is 17.9 Å². The molecule has 2 heterocycles. The summed E-state index contributed by atoms with van der Waals surface area (Å²) in [7, 11) is 0. The molecule has 1 aliphatic rings. The lowest BCUT2D eigenvalue weighted by Crippen LogP contribution is -2.31. The summed E-state index contributed by atoms with van der Waals surface area (Å²) in [5, 5.41) is 7.70. The maximum atomic E-state index is 11.9. The van der Waals surface area contributed by atoms with Gasteiger partial charge in [0.15, 0.2) is 0 Å². The molecule has 1 atom stereocenters. The van der Waals surface area contributed by atoms with E-state index in [0.717, 1.165) is 19.5 Å². The number of rotatable bonds is 3. The van der Waals surface area contributed by atoms with Gasteiger partial charge in [-0.2, -0.15) is 0 Å². The van der Waals surface area contributed by atoms with Crippen molar-refractivity contribution in [3.05, 3.63) is 11.9 Å². The molecular weight excluding hydrogens is 206 g/mol. The fourth-order valence-electron chi connectivity index (χ4n) is 1.91. The third-order valence-corrected chi connectivity index (χ3v) is 2.87. The maximum Gasteiger partial charge on any atom is 0.244 e. The zero-order chi connectivity index (χ0) is 11.5. The highest BCUT2D eigenvalue weighted by Gasteiger charge is 2.23. The number of carbonyl (C=O) groups excluding carboxylic acids is 1. The second-order valence-electron chi connectivity index (χ2n) is 4.35. The van der Waals surface area contributed by atoms with Crippen LogP contribution in [0.5, 0.6) is 0 Å². The second kappa shape index (κ2) is 4.61. The van der Waals surface area contributed by atoms with Crippen LogP contribution in [0.1, 0.15) is 19.0 Å². The van der Waals surface area contributed by atoms with Gasteiger partial charge in [-0.15, -0.1) is 5.10 Å². The molecule has 16 heavy (non-hydrogen) atoms. The number of hydrogen-bond donors (Lipinski definition) is 1. The van der Waals surface area contributed by atoms with Crippen molar-refractivity contribution in [2.24, 2.45) is 11.7 Å². The molecule has 1 saturated heterocycles. The van der Waals surface area contributed by atoms with Gasteiger partial charge >= 0.3 is 0 Å². The topological polar surface area (TPSA) is 77.0 Å². The Morgan fingerprint density at radius 3 is 3.06 bits per heavy atom. The summed E-state index contributed by atoms with van der Waals surface area (Å²) in [6, 6.07) is 0. The summed E-state index contributed by atoms with van der Waals surface area (Å²) in [5.41, 5.74) is 6.13. The van der Waals surface area contributed by atoms with Crippen molar-refractivity contribution in [2.75, 3.05) is 13.1 Å². The summed E-state index contributed by atoms with van der Waals surface area (Å²) < 4.78 is 1.55. The molecule has 1 unspecified atom stereocenters. The van der Waals surface area contributed by atoms with Gasteiger partial charge in [-0.3, -0.25) is 4.79 Å². The molecule has 0 bridgehead atoms. The average Bonchev–Trinajstić information content (AvgIpc) is 2.87. The lowest BCUT2D eigenvalue weighted by atomic mass is 10.2. The zero-order valence-corrected chi connectivity index (χ0v) is 9.46. The third kappa shape index (κ3) is 2.38. The summed E-state index contributed by atoms with van der Waals surface area (Å²) >= 11 is 0. The molecule has 2 N–H and O–H groups in total. The number of amides is 1. The quantitative estimate of drug-likeness (QED) is 0.756. The predicted molar refractivity (Wildman–Crippen MR) is 58.3 cm³/mol. The molecule has 0 aliphatic carbocycles. The van der Waals surface area contributed by atoms with Crippen LogP contribution in [0, 0.1) is 5.92 Å². The van der Waals surface area contributed by atoms with E-state index in [1.807, 2.05) is 4.90 Å². The van der Waals surface area contributed by atoms with Gasteiger partial charge in [0, 0.05) is 19.6 Å². The van der Waals surface area contributed by atoms with Crippen molar-refractivity contribution in [2.45, 2.75) is 26.4 Å². The highest BCUT2D eigenvalue weighted by molar-refractivity contribution is 5.76. The van der Waals surface area contributed by atoms with Gasteiger partial charge in [0.2, 0.25) is 5.91 Å². The average molecular weight is 223 g/mol. The summed E-state index contributed by atoms with van der Waals surface area (Å²) in [6.45, 7) is 4.50. The Balaban J connectivity index is 1.91. The van der Waals surface area contributed by atoms with Crippen LogP contribution >= 0.6 is 0 Å². The van der Waals surface area contributed by atoms with E-state index in [9.17, 15) is 4.79 Å². The summed E-state index contributed by atoms with van der Waals surface area (Å²) in [4.78, 5) is 13.7. The number of likely N-dealkylation sites (tertiary alicyclic amines) is 1. The Morgan fingerprint density at radius 1 is 1.69 bits per heavy atom. The Hall–Kier alpha value is -1.43. The number of nitrogens with zero attached hydrogens (tertiary/aromatic N) is 4. The molecule has 1 amide bonds. The maximum absolute atomic E-state index is 11.9. The first kappa shape index (κ1) is 11.1. The molecule has 1 fully saturated rings. The van der Waals surface area contributed by atoms with Crippen LogP contribution in [0.2, 0.25) is 0 Å². The van der Waals surface area contributed by atoms with E-state index in [0.29, 0.717) is 18.2 Å². The van der Waals surface area contributed by atoms with Gasteiger partial charge in [0.05, 0.1) is 11.9 Å². The minimum absolute atomic E-state index is 0.109. The molecule has 2 rings (SSSR count). The molecule has 6 heteroatoms. The molecule has 1 aromatic heterocycles. The monoisotopic (exact) mass is 223 g/mol. The van der Waals surface area contributed by atoms with Crippen LogP contribution in [0.15, 0.2) is 6.20 Å². The Bertz CT molecular complexity index is 375. The Kier molecular flexibility index (Phi) is 3.19. The fraction of sp³-hybridized carbons (Fsp3) is 0.700. The fourth-order valence-corrected chi connectivity index (χ4v) is 1.91. The molecule has 6 nitrogen and oxygen atoms in total. The van der Waals surface area contributed by atoms with Crippen molar-refractivity contribution >= 4 is 5.91 Å². The van der Waals surface area contributed by atoms with Crippen molar-refractivity contribution < 1.29 is 4.79 Å². The standard InChI is InChI=1S/C10H17N5O/c1-8-2-3-14(5-8)10(16)7-15-6-9(4-11)12-13-15/h6,8H,2-5,7,11H2,1H3. The first-order valence-corrected chi connectivity index (χ1v) is 5.56. The molecule has 0 spiro atoms. The van der Waals surface area contributed by atoms with Crippen molar-refractivity contribution in [3.8, 4) is 0 Å². The minimum atomic E-state index is 0.109. The van der Waals surface area contributed by atoms with Crippen LogP contribution in [0.3, 0.4) is 0 Å². The largest absolute Gasteiger partial charge is 0.341 e. The molecule has 88 valence electrons. The summed E-state index contributed by atoms with van der Waals surface area (Å²) in [6.07, 6.45) is 2.81. The van der Waals surface area contributed by atoms with E-state index in [2.05, 4.69) is 17.2 Å². The second-order valence-corrected chi connectivity index (χ2v) is 4.35. The molecule has 1 aromatic rings. The first-order chi connectivity index (χ1) is 7.69. The number of nitrogens with two attached hydrogens (primary N) is 1. The van der Waals surface area contributed by atoms with Gasteiger partial charge in [0.25, 0.3) is 0 Å². The van der Waals surface area contributed by atoms with E-state index in [1.165, 1.54) is 0 Å². The Morgan fingerprint density at radius 2 is 2.50 bits per heavy atom. The van der Waals surface area contributed by atoms with Gasteiger partial charge in [-0.1, -0.05) is 12.1 Å². The Labute approximate surface area is 94.4 Å². The van der Waals surface area contributed by atoms with Crippen LogP contribution in [0.25, 0.3) is 0 Å². The molecular formula is C10H17N5O. The van der Waals surface area contributed by atoms with Crippen molar-refractivity contribution in [1.29, 1.82) is 0 Å². The minimum Gasteiger partial charge on any atom is -0.341 e. The molecule has 0 radical (unpaired) electrons. The lowest BCUT2D eigenvalue weighted by molar-refractivity contribution is -0.131. The van der Waals surface area contributed by atoms with Gasteiger partial charge in [-0.05, 0) is 12.3 Å². The number of carbonyl (C=O) groups is 1. The molecule has 0 aromatic carbocycles. The van der Waals surface area contributed by atoms with E-state index in [1.54, 1.807) is 10.9 Å². The zero-order valence-electron chi connectivity index (χ0n) is 9.46. The van der Waals surface area contributed by atoms with E-state index in [-0.39, 0.29) is 12.5 Å². The van der Waals surface area contributed by atoms with Crippen LogP contribution in [0.4, 0.5) is 0 Å². The van der Waals surface area contributed by atoms with Gasteiger partial charge < -0.3 is 10.6 Å². The van der Waals surface area contributed by atoms with E-state index < -0.39 is 0 Å². The molecule has 1 aliphatic heterocycles.